The van der Waals surface area contributed by atoms with Crippen LogP contribution in [0.4, 0.5) is 0 Å². The molecule has 106 valence electrons. The van der Waals surface area contributed by atoms with Crippen LogP contribution in [0.5, 0.6) is 0 Å². The maximum atomic E-state index is 11.2. The van der Waals surface area contributed by atoms with Crippen LogP contribution in [-0.2, 0) is 11.3 Å². The summed E-state index contributed by atoms with van der Waals surface area (Å²) in [6.45, 7) is 3.54. The van der Waals surface area contributed by atoms with Crippen LogP contribution in [0.1, 0.15) is 11.4 Å². The van der Waals surface area contributed by atoms with Crippen molar-refractivity contribution in [3.63, 3.8) is 0 Å². The van der Waals surface area contributed by atoms with Crippen LogP contribution in [0.2, 0.25) is 0 Å². The molecule has 6 heteroatoms. The Hall–Kier alpha value is -2.76. The molecule has 0 radical (unpaired) electrons. The van der Waals surface area contributed by atoms with Crippen LogP contribution < -0.4 is 0 Å². The number of aliphatic carboxylic acids is 1. The van der Waals surface area contributed by atoms with Gasteiger partial charge < -0.3 is 9.67 Å². The molecule has 0 spiro atoms. The summed E-state index contributed by atoms with van der Waals surface area (Å²) in [5, 5.41) is 17.3. The molecule has 0 amide bonds. The Kier molecular flexibility index (Phi) is 3.13. The van der Waals surface area contributed by atoms with Crippen molar-refractivity contribution in [2.24, 2.45) is 0 Å². The summed E-state index contributed by atoms with van der Waals surface area (Å²) < 4.78 is 1.70. The van der Waals surface area contributed by atoms with E-state index in [1.165, 1.54) is 0 Å². The Morgan fingerprint density at radius 3 is 2.76 bits per heavy atom. The number of nitrogens with zero attached hydrogens (tertiary/aromatic N) is 4. The van der Waals surface area contributed by atoms with Crippen molar-refractivity contribution in [3.05, 3.63) is 41.7 Å². The number of fused-ring (bicyclic) bond motifs is 1. The maximum absolute atomic E-state index is 11.2. The lowest BCUT2D eigenvalue weighted by atomic mass is 10.2. The number of hydrogen-bond acceptors (Lipinski definition) is 4. The number of carbonyl (C=O) groups is 1. The second kappa shape index (κ2) is 4.97. The van der Waals surface area contributed by atoms with Crippen LogP contribution in [0.25, 0.3) is 22.4 Å². The molecule has 0 bridgehead atoms. The van der Waals surface area contributed by atoms with Gasteiger partial charge in [0.2, 0.25) is 0 Å². The van der Waals surface area contributed by atoms with Crippen molar-refractivity contribution < 1.29 is 9.90 Å². The van der Waals surface area contributed by atoms with Gasteiger partial charge in [0.25, 0.3) is 0 Å². The summed E-state index contributed by atoms with van der Waals surface area (Å²) in [5.74, 6) is -0.301. The van der Waals surface area contributed by atoms with E-state index in [4.69, 9.17) is 5.11 Å². The predicted molar refractivity (Wildman–Crippen MR) is 77.9 cm³/mol. The Morgan fingerprint density at radius 2 is 2.00 bits per heavy atom. The first-order chi connectivity index (χ1) is 10.1. The molecule has 0 atom stereocenters. The number of para-hydroxylation sites is 2. The van der Waals surface area contributed by atoms with Gasteiger partial charge in [-0.05, 0) is 32.0 Å². The van der Waals surface area contributed by atoms with E-state index in [1.807, 2.05) is 44.2 Å². The first kappa shape index (κ1) is 13.2. The number of carboxylic acids is 1. The summed E-state index contributed by atoms with van der Waals surface area (Å²) in [6, 6.07) is 9.36. The van der Waals surface area contributed by atoms with Crippen molar-refractivity contribution in [1.29, 1.82) is 0 Å². The quantitative estimate of drug-likeness (QED) is 0.796. The Bertz CT molecular complexity index is 839. The fourth-order valence-corrected chi connectivity index (χ4v) is 2.35. The van der Waals surface area contributed by atoms with Gasteiger partial charge in [-0.15, -0.1) is 0 Å². The van der Waals surface area contributed by atoms with E-state index in [-0.39, 0.29) is 6.54 Å². The highest BCUT2D eigenvalue weighted by atomic mass is 16.4. The zero-order chi connectivity index (χ0) is 15.0. The average molecular weight is 282 g/mol. The molecule has 6 nitrogen and oxygen atoms in total. The Labute approximate surface area is 121 Å². The van der Waals surface area contributed by atoms with Crippen LogP contribution in [0.3, 0.4) is 0 Å². The van der Waals surface area contributed by atoms with Crippen molar-refractivity contribution in [2.45, 2.75) is 20.4 Å². The van der Waals surface area contributed by atoms with Crippen LogP contribution in [0.15, 0.2) is 30.3 Å². The lowest BCUT2D eigenvalue weighted by Crippen LogP contribution is -2.10. The maximum Gasteiger partial charge on any atom is 0.323 e. The van der Waals surface area contributed by atoms with Gasteiger partial charge in [-0.2, -0.15) is 10.2 Å². The summed E-state index contributed by atoms with van der Waals surface area (Å²) in [4.78, 5) is 15.7. The van der Waals surface area contributed by atoms with Gasteiger partial charge in [-0.3, -0.25) is 4.79 Å². The monoisotopic (exact) mass is 282 g/mol. The first-order valence-corrected chi connectivity index (χ1v) is 6.54. The molecular weight excluding hydrogens is 268 g/mol. The minimum atomic E-state index is -0.907. The van der Waals surface area contributed by atoms with Gasteiger partial charge in [0.15, 0.2) is 0 Å². The summed E-state index contributed by atoms with van der Waals surface area (Å²) in [7, 11) is 0. The fraction of sp³-hybridized carbons (Fsp3) is 0.200. The highest BCUT2D eigenvalue weighted by Gasteiger charge is 2.17. The number of aryl methyl sites for hydroxylation is 2. The molecule has 1 aromatic carbocycles. The summed E-state index contributed by atoms with van der Waals surface area (Å²) >= 11 is 0. The molecule has 0 saturated heterocycles. The number of benzene rings is 1. The molecule has 2 heterocycles. The van der Waals surface area contributed by atoms with E-state index in [2.05, 4.69) is 15.2 Å². The molecule has 1 N–H and O–H groups in total. The number of carboxylic acid groups (broad SMARTS) is 1. The van der Waals surface area contributed by atoms with Crippen LogP contribution in [0, 0.1) is 13.8 Å². The molecule has 3 aromatic rings. The highest BCUT2D eigenvalue weighted by Crippen LogP contribution is 2.26. The highest BCUT2D eigenvalue weighted by molar-refractivity contribution is 5.83. The largest absolute Gasteiger partial charge is 0.480 e. The second-order valence-corrected chi connectivity index (χ2v) is 4.89. The van der Waals surface area contributed by atoms with Gasteiger partial charge in [0, 0.05) is 5.56 Å². The van der Waals surface area contributed by atoms with E-state index in [0.717, 1.165) is 28.0 Å². The van der Waals surface area contributed by atoms with E-state index in [1.54, 1.807) is 4.57 Å². The minimum absolute atomic E-state index is 0.142. The number of hydrogen-bond donors (Lipinski definition) is 1. The van der Waals surface area contributed by atoms with Gasteiger partial charge in [0.05, 0.1) is 22.4 Å². The lowest BCUT2D eigenvalue weighted by molar-refractivity contribution is -0.137. The minimum Gasteiger partial charge on any atom is -0.480 e. The zero-order valence-electron chi connectivity index (χ0n) is 11.7. The van der Waals surface area contributed by atoms with Crippen LogP contribution >= 0.6 is 0 Å². The summed E-state index contributed by atoms with van der Waals surface area (Å²) in [5.41, 5.74) is 3.86. The number of rotatable bonds is 3. The molecule has 0 aliphatic heterocycles. The van der Waals surface area contributed by atoms with Crippen molar-refractivity contribution in [2.75, 3.05) is 0 Å². The zero-order valence-corrected chi connectivity index (χ0v) is 11.7. The third kappa shape index (κ3) is 2.35. The predicted octanol–water partition coefficient (Wildman–Crippen LogP) is 2.19. The third-order valence-corrected chi connectivity index (χ3v) is 3.29. The summed E-state index contributed by atoms with van der Waals surface area (Å²) in [6.07, 6.45) is 0. The normalized spacial score (nSPS) is 11.0. The molecular formula is C15H14N4O2. The first-order valence-electron chi connectivity index (χ1n) is 6.54. The van der Waals surface area contributed by atoms with Gasteiger partial charge >= 0.3 is 5.97 Å². The topological polar surface area (TPSA) is 80.9 Å². The molecule has 3 rings (SSSR count). The van der Waals surface area contributed by atoms with Crippen molar-refractivity contribution in [3.8, 4) is 11.4 Å². The lowest BCUT2D eigenvalue weighted by Gasteiger charge is -2.08. The van der Waals surface area contributed by atoms with E-state index in [0.29, 0.717) is 5.82 Å². The Morgan fingerprint density at radius 1 is 1.24 bits per heavy atom. The average Bonchev–Trinajstić information content (AvgIpc) is 2.80. The van der Waals surface area contributed by atoms with E-state index >= 15 is 0 Å². The van der Waals surface area contributed by atoms with Crippen molar-refractivity contribution >= 4 is 17.0 Å². The molecule has 0 aliphatic rings. The van der Waals surface area contributed by atoms with Gasteiger partial charge in [-0.1, -0.05) is 12.1 Å². The standard InChI is InChI=1S/C15H14N4O2/c1-9-7-11(10(2)18-17-9)15-16-12-5-3-4-6-13(12)19(15)8-14(20)21/h3-7H,8H2,1-2H3,(H,20,21). The van der Waals surface area contributed by atoms with E-state index in [9.17, 15) is 4.79 Å². The molecule has 0 unspecified atom stereocenters. The van der Waals surface area contributed by atoms with Crippen molar-refractivity contribution in [1.82, 2.24) is 19.7 Å². The number of imidazole rings is 1. The van der Waals surface area contributed by atoms with Gasteiger partial charge in [-0.25, -0.2) is 4.98 Å². The molecule has 2 aromatic heterocycles. The SMILES string of the molecule is Cc1cc(-c2nc3ccccc3n2CC(=O)O)c(C)nn1. The molecule has 0 fully saturated rings. The molecule has 21 heavy (non-hydrogen) atoms. The number of aromatic nitrogens is 4. The smallest absolute Gasteiger partial charge is 0.323 e. The third-order valence-electron chi connectivity index (χ3n) is 3.29. The van der Waals surface area contributed by atoms with Gasteiger partial charge in [0.1, 0.15) is 12.4 Å². The van der Waals surface area contributed by atoms with E-state index < -0.39 is 5.97 Å². The Balaban J connectivity index is 2.30. The molecule has 0 aliphatic carbocycles. The molecule has 0 saturated carbocycles. The van der Waals surface area contributed by atoms with Crippen LogP contribution in [-0.4, -0.2) is 30.8 Å². The second-order valence-electron chi connectivity index (χ2n) is 4.89. The fourth-order valence-electron chi connectivity index (χ4n) is 2.35.